The van der Waals surface area contributed by atoms with Gasteiger partial charge in [0.15, 0.2) is 0 Å². The normalized spacial score (nSPS) is 29.2. The zero-order valence-corrected chi connectivity index (χ0v) is 12.1. The van der Waals surface area contributed by atoms with Gasteiger partial charge in [0.05, 0.1) is 11.4 Å². The van der Waals surface area contributed by atoms with Crippen LogP contribution in [-0.4, -0.2) is 30.6 Å². The van der Waals surface area contributed by atoms with Crippen molar-refractivity contribution < 1.29 is 13.5 Å². The molecule has 0 heterocycles. The summed E-state index contributed by atoms with van der Waals surface area (Å²) in [5.41, 5.74) is -0.443. The van der Waals surface area contributed by atoms with E-state index in [2.05, 4.69) is 13.8 Å². The van der Waals surface area contributed by atoms with Crippen LogP contribution in [0.1, 0.15) is 59.3 Å². The van der Waals surface area contributed by atoms with E-state index in [1.165, 1.54) is 0 Å². The van der Waals surface area contributed by atoms with E-state index in [1.807, 2.05) is 0 Å². The first-order valence-corrected chi connectivity index (χ1v) is 8.43. The zero-order valence-electron chi connectivity index (χ0n) is 11.3. The van der Waals surface area contributed by atoms with Crippen LogP contribution in [0.2, 0.25) is 0 Å². The lowest BCUT2D eigenvalue weighted by Gasteiger charge is -2.41. The van der Waals surface area contributed by atoms with Crippen molar-refractivity contribution in [2.75, 3.05) is 11.5 Å². The van der Waals surface area contributed by atoms with E-state index in [4.69, 9.17) is 0 Å². The molecule has 1 unspecified atom stereocenters. The Morgan fingerprint density at radius 3 is 2.41 bits per heavy atom. The van der Waals surface area contributed by atoms with E-state index in [1.54, 1.807) is 6.92 Å². The minimum Gasteiger partial charge on any atom is -0.390 e. The fourth-order valence-corrected chi connectivity index (χ4v) is 3.82. The molecule has 1 rings (SSSR count). The summed E-state index contributed by atoms with van der Waals surface area (Å²) in [5, 5.41) is 10.5. The van der Waals surface area contributed by atoms with Crippen molar-refractivity contribution in [1.82, 2.24) is 0 Å². The van der Waals surface area contributed by atoms with Crippen LogP contribution in [0.5, 0.6) is 0 Å². The molecule has 0 radical (unpaired) electrons. The maximum atomic E-state index is 11.4. The van der Waals surface area contributed by atoms with E-state index in [0.717, 1.165) is 25.7 Å². The largest absolute Gasteiger partial charge is 0.390 e. The summed E-state index contributed by atoms with van der Waals surface area (Å²) in [6, 6.07) is 0. The summed E-state index contributed by atoms with van der Waals surface area (Å²) in [6.07, 6.45) is 5.03. The second-order valence-corrected chi connectivity index (χ2v) is 8.73. The standard InChI is InChI=1S/C13H26O3S/c1-4-17(15,16)10-6-9-13(14)8-5-7-12(2,3)11-13/h14H,4-11H2,1-3H3. The van der Waals surface area contributed by atoms with E-state index in [9.17, 15) is 13.5 Å². The summed E-state index contributed by atoms with van der Waals surface area (Å²) >= 11 is 0. The highest BCUT2D eigenvalue weighted by atomic mass is 32.2. The van der Waals surface area contributed by atoms with Gasteiger partial charge < -0.3 is 5.11 Å². The molecule has 1 atom stereocenters. The molecule has 0 spiro atoms. The van der Waals surface area contributed by atoms with Gasteiger partial charge in [0, 0.05) is 5.75 Å². The predicted octanol–water partition coefficient (Wildman–Crippen LogP) is 2.53. The van der Waals surface area contributed by atoms with Crippen molar-refractivity contribution in [3.63, 3.8) is 0 Å². The lowest BCUT2D eigenvalue weighted by molar-refractivity contribution is -0.0451. The van der Waals surface area contributed by atoms with Gasteiger partial charge in [0.2, 0.25) is 0 Å². The molecule has 0 aromatic heterocycles. The third kappa shape index (κ3) is 4.96. The highest BCUT2D eigenvalue weighted by Crippen LogP contribution is 2.42. The smallest absolute Gasteiger partial charge is 0.150 e. The van der Waals surface area contributed by atoms with Crippen molar-refractivity contribution in [3.8, 4) is 0 Å². The Morgan fingerprint density at radius 2 is 1.88 bits per heavy atom. The van der Waals surface area contributed by atoms with Crippen LogP contribution in [0.3, 0.4) is 0 Å². The highest BCUT2D eigenvalue weighted by molar-refractivity contribution is 7.91. The van der Waals surface area contributed by atoms with Crippen LogP contribution in [0.15, 0.2) is 0 Å². The van der Waals surface area contributed by atoms with Gasteiger partial charge in [-0.25, -0.2) is 8.42 Å². The fourth-order valence-electron chi connectivity index (χ4n) is 2.94. The number of aliphatic hydroxyl groups is 1. The Labute approximate surface area is 106 Å². The van der Waals surface area contributed by atoms with E-state index < -0.39 is 15.4 Å². The molecule has 0 saturated heterocycles. The molecular weight excluding hydrogens is 236 g/mol. The molecule has 4 heteroatoms. The van der Waals surface area contributed by atoms with Crippen LogP contribution in [0, 0.1) is 5.41 Å². The third-order valence-electron chi connectivity index (χ3n) is 3.84. The van der Waals surface area contributed by atoms with Crippen LogP contribution in [0.4, 0.5) is 0 Å². The average Bonchev–Trinajstić information content (AvgIpc) is 2.15. The maximum Gasteiger partial charge on any atom is 0.150 e. The number of sulfone groups is 1. The van der Waals surface area contributed by atoms with Gasteiger partial charge in [-0.2, -0.15) is 0 Å². The Morgan fingerprint density at radius 1 is 1.24 bits per heavy atom. The SMILES string of the molecule is CCS(=O)(=O)CCCC1(O)CCCC(C)(C)C1. The van der Waals surface area contributed by atoms with Crippen LogP contribution in [0.25, 0.3) is 0 Å². The number of rotatable bonds is 5. The Bertz CT molecular complexity index is 346. The highest BCUT2D eigenvalue weighted by Gasteiger charge is 2.37. The molecule has 1 aliphatic rings. The molecule has 102 valence electrons. The maximum absolute atomic E-state index is 11.4. The van der Waals surface area contributed by atoms with Crippen LogP contribution in [-0.2, 0) is 9.84 Å². The molecule has 1 saturated carbocycles. The first-order valence-electron chi connectivity index (χ1n) is 6.61. The van der Waals surface area contributed by atoms with Gasteiger partial charge >= 0.3 is 0 Å². The second kappa shape index (κ2) is 5.27. The Hall–Kier alpha value is -0.0900. The van der Waals surface area contributed by atoms with Gasteiger partial charge in [0.25, 0.3) is 0 Å². The van der Waals surface area contributed by atoms with Crippen molar-refractivity contribution in [2.24, 2.45) is 5.41 Å². The van der Waals surface area contributed by atoms with Crippen molar-refractivity contribution >= 4 is 9.84 Å². The van der Waals surface area contributed by atoms with Gasteiger partial charge in [-0.05, 0) is 37.5 Å². The molecule has 0 aromatic carbocycles. The molecule has 0 bridgehead atoms. The van der Waals surface area contributed by atoms with E-state index in [0.29, 0.717) is 12.8 Å². The zero-order chi connectivity index (χ0) is 13.2. The molecular formula is C13H26O3S. The predicted molar refractivity (Wildman–Crippen MR) is 70.8 cm³/mol. The lowest BCUT2D eigenvalue weighted by atomic mass is 9.68. The summed E-state index contributed by atoms with van der Waals surface area (Å²) in [6.45, 7) is 6.04. The summed E-state index contributed by atoms with van der Waals surface area (Å²) in [7, 11) is -2.89. The quantitative estimate of drug-likeness (QED) is 0.828. The molecule has 1 N–H and O–H groups in total. The van der Waals surface area contributed by atoms with Gasteiger partial charge in [-0.3, -0.25) is 0 Å². The Kier molecular flexibility index (Phi) is 4.64. The Balaban J connectivity index is 2.45. The second-order valence-electron chi connectivity index (χ2n) is 6.26. The summed E-state index contributed by atoms with van der Waals surface area (Å²) in [5.74, 6) is 0.420. The monoisotopic (exact) mass is 262 g/mol. The van der Waals surface area contributed by atoms with Crippen molar-refractivity contribution in [1.29, 1.82) is 0 Å². The van der Waals surface area contributed by atoms with Crippen molar-refractivity contribution in [2.45, 2.75) is 64.9 Å². The van der Waals surface area contributed by atoms with Gasteiger partial charge in [0.1, 0.15) is 9.84 Å². The van der Waals surface area contributed by atoms with Gasteiger partial charge in [-0.15, -0.1) is 0 Å². The van der Waals surface area contributed by atoms with E-state index >= 15 is 0 Å². The fraction of sp³-hybridized carbons (Fsp3) is 1.00. The average molecular weight is 262 g/mol. The molecule has 3 nitrogen and oxygen atoms in total. The third-order valence-corrected chi connectivity index (χ3v) is 5.63. The minimum absolute atomic E-state index is 0.191. The van der Waals surface area contributed by atoms with Gasteiger partial charge in [-0.1, -0.05) is 27.2 Å². The molecule has 0 amide bonds. The van der Waals surface area contributed by atoms with Crippen LogP contribution < -0.4 is 0 Å². The molecule has 0 aliphatic heterocycles. The molecule has 1 fully saturated rings. The minimum atomic E-state index is -2.89. The summed E-state index contributed by atoms with van der Waals surface area (Å²) in [4.78, 5) is 0. The first kappa shape index (κ1) is 15.0. The summed E-state index contributed by atoms with van der Waals surface area (Å²) < 4.78 is 22.8. The molecule has 17 heavy (non-hydrogen) atoms. The van der Waals surface area contributed by atoms with Crippen molar-refractivity contribution in [3.05, 3.63) is 0 Å². The molecule has 0 aromatic rings. The van der Waals surface area contributed by atoms with Crippen LogP contribution >= 0.6 is 0 Å². The lowest BCUT2D eigenvalue weighted by Crippen LogP contribution is -2.39. The first-order chi connectivity index (χ1) is 7.68. The number of hydrogen-bond donors (Lipinski definition) is 1. The molecule has 1 aliphatic carbocycles. The van der Waals surface area contributed by atoms with E-state index in [-0.39, 0.29) is 16.9 Å². The number of hydrogen-bond acceptors (Lipinski definition) is 3. The topological polar surface area (TPSA) is 54.4 Å².